The van der Waals surface area contributed by atoms with Crippen LogP contribution in [0.2, 0.25) is 0 Å². The Bertz CT molecular complexity index is 746. The number of benzene rings is 1. The topological polar surface area (TPSA) is 86.5 Å². The summed E-state index contributed by atoms with van der Waals surface area (Å²) in [5.41, 5.74) is 0.291. The summed E-state index contributed by atoms with van der Waals surface area (Å²) in [4.78, 5) is 0. The lowest BCUT2D eigenvalue weighted by atomic mass is 10.1. The molecule has 0 aliphatic rings. The molecule has 1 aromatic heterocycles. The van der Waals surface area contributed by atoms with Gasteiger partial charge in [0.15, 0.2) is 0 Å². The lowest BCUT2D eigenvalue weighted by Crippen LogP contribution is -2.22. The minimum atomic E-state index is -3.39. The standard InChI is InChI=1S/C15H20F2N3O4P/c1-3-23-25(22,24-4-2)10-12(21)8-20-9-15(18-19-20)13-6-5-11(16)7-14(13)17/h5-7,9,12,21H,3-4,8,10H2,1-2H3/t12-/m1/s1. The molecule has 1 heterocycles. The molecule has 0 aliphatic carbocycles. The number of aliphatic hydroxyl groups excluding tert-OH is 1. The SMILES string of the molecule is CCOP(=O)(C[C@H](O)Cn1cc(-c2ccc(F)cc2F)nn1)OCC. The van der Waals surface area contributed by atoms with E-state index >= 15 is 0 Å². The zero-order valence-corrected chi connectivity index (χ0v) is 14.8. The van der Waals surface area contributed by atoms with Gasteiger partial charge in [0.2, 0.25) is 0 Å². The van der Waals surface area contributed by atoms with Crippen LogP contribution in [0, 0.1) is 11.6 Å². The first-order valence-electron chi connectivity index (χ1n) is 7.78. The third kappa shape index (κ3) is 5.40. The molecule has 1 N–H and O–H groups in total. The van der Waals surface area contributed by atoms with Crippen LogP contribution in [-0.2, 0) is 20.2 Å². The van der Waals surface area contributed by atoms with Gasteiger partial charge in [-0.1, -0.05) is 5.21 Å². The Labute approximate surface area is 144 Å². The van der Waals surface area contributed by atoms with Crippen LogP contribution in [-0.4, -0.2) is 45.6 Å². The Hall–Kier alpha value is -1.67. The zero-order chi connectivity index (χ0) is 18.4. The van der Waals surface area contributed by atoms with E-state index in [-0.39, 0.29) is 37.2 Å². The van der Waals surface area contributed by atoms with E-state index in [9.17, 15) is 18.5 Å². The monoisotopic (exact) mass is 375 g/mol. The Morgan fingerprint density at radius 3 is 2.56 bits per heavy atom. The van der Waals surface area contributed by atoms with Crippen LogP contribution in [0.3, 0.4) is 0 Å². The molecule has 10 heteroatoms. The highest BCUT2D eigenvalue weighted by molar-refractivity contribution is 7.53. The van der Waals surface area contributed by atoms with Crippen molar-refractivity contribution in [2.24, 2.45) is 0 Å². The molecule has 0 radical (unpaired) electrons. The summed E-state index contributed by atoms with van der Waals surface area (Å²) in [6.45, 7) is 3.72. The van der Waals surface area contributed by atoms with Gasteiger partial charge in [0, 0.05) is 11.6 Å². The van der Waals surface area contributed by atoms with E-state index in [4.69, 9.17) is 9.05 Å². The van der Waals surface area contributed by atoms with E-state index in [1.165, 1.54) is 16.9 Å². The van der Waals surface area contributed by atoms with Gasteiger partial charge in [0.25, 0.3) is 0 Å². The Balaban J connectivity index is 2.06. The van der Waals surface area contributed by atoms with Crippen molar-refractivity contribution in [3.63, 3.8) is 0 Å². The zero-order valence-electron chi connectivity index (χ0n) is 13.9. The van der Waals surface area contributed by atoms with E-state index in [1.807, 2.05) is 0 Å². The third-order valence-corrected chi connectivity index (χ3v) is 5.40. The average Bonchev–Trinajstić information content (AvgIpc) is 2.95. The maximum absolute atomic E-state index is 13.8. The van der Waals surface area contributed by atoms with Crippen molar-refractivity contribution in [3.05, 3.63) is 36.0 Å². The number of halogens is 2. The normalized spacial score (nSPS) is 13.2. The maximum atomic E-state index is 13.8. The molecule has 0 bridgehead atoms. The number of nitrogens with zero attached hydrogens (tertiary/aromatic N) is 3. The van der Waals surface area contributed by atoms with Gasteiger partial charge in [-0.2, -0.15) is 0 Å². The van der Waals surface area contributed by atoms with Crippen molar-refractivity contribution in [2.75, 3.05) is 19.4 Å². The molecule has 0 fully saturated rings. The molecule has 1 aromatic carbocycles. The van der Waals surface area contributed by atoms with Crippen molar-refractivity contribution in [3.8, 4) is 11.3 Å². The van der Waals surface area contributed by atoms with Crippen molar-refractivity contribution in [1.82, 2.24) is 15.0 Å². The molecule has 0 saturated heterocycles. The average molecular weight is 375 g/mol. The lowest BCUT2D eigenvalue weighted by Gasteiger charge is -2.19. The molecule has 0 saturated carbocycles. The van der Waals surface area contributed by atoms with E-state index in [1.54, 1.807) is 13.8 Å². The van der Waals surface area contributed by atoms with Crippen LogP contribution in [0.4, 0.5) is 8.78 Å². The Morgan fingerprint density at radius 1 is 1.28 bits per heavy atom. The predicted octanol–water partition coefficient (Wildman–Crippen LogP) is 2.85. The van der Waals surface area contributed by atoms with Crippen molar-refractivity contribution < 1.29 is 27.5 Å². The summed E-state index contributed by atoms with van der Waals surface area (Å²) in [5, 5.41) is 17.7. The molecule has 0 amide bonds. The fraction of sp³-hybridized carbons (Fsp3) is 0.467. The van der Waals surface area contributed by atoms with E-state index in [0.29, 0.717) is 0 Å². The highest BCUT2D eigenvalue weighted by atomic mass is 31.2. The van der Waals surface area contributed by atoms with Gasteiger partial charge in [-0.3, -0.25) is 4.57 Å². The fourth-order valence-electron chi connectivity index (χ4n) is 2.28. The molecule has 2 aromatic rings. The second-order valence-corrected chi connectivity index (χ2v) is 7.34. The van der Waals surface area contributed by atoms with E-state index < -0.39 is 25.3 Å². The fourth-order valence-corrected chi connectivity index (χ4v) is 3.98. The number of aliphatic hydroxyl groups is 1. The molecular weight excluding hydrogens is 355 g/mol. The Kier molecular flexibility index (Phi) is 6.78. The minimum absolute atomic E-state index is 0.0278. The number of hydrogen-bond acceptors (Lipinski definition) is 6. The second kappa shape index (κ2) is 8.62. The second-order valence-electron chi connectivity index (χ2n) is 5.23. The first-order chi connectivity index (χ1) is 11.9. The summed E-state index contributed by atoms with van der Waals surface area (Å²) < 4.78 is 50.6. The van der Waals surface area contributed by atoms with Gasteiger partial charge < -0.3 is 14.2 Å². The first-order valence-corrected chi connectivity index (χ1v) is 9.51. The molecular formula is C15H20F2N3O4P. The lowest BCUT2D eigenvalue weighted by molar-refractivity contribution is 0.150. The number of rotatable bonds is 9. The molecule has 2 rings (SSSR count). The molecule has 7 nitrogen and oxygen atoms in total. The van der Waals surface area contributed by atoms with Crippen molar-refractivity contribution >= 4 is 7.60 Å². The van der Waals surface area contributed by atoms with Crippen LogP contribution < -0.4 is 0 Å². The minimum Gasteiger partial charge on any atom is -0.391 e. The number of aromatic nitrogens is 3. The molecule has 0 unspecified atom stereocenters. The van der Waals surface area contributed by atoms with Crippen LogP contribution in [0.5, 0.6) is 0 Å². The smallest absolute Gasteiger partial charge is 0.333 e. The van der Waals surface area contributed by atoms with Crippen LogP contribution in [0.1, 0.15) is 13.8 Å². The van der Waals surface area contributed by atoms with Gasteiger partial charge in [0.1, 0.15) is 17.3 Å². The predicted molar refractivity (Wildman–Crippen MR) is 87.1 cm³/mol. The van der Waals surface area contributed by atoms with Crippen LogP contribution >= 0.6 is 7.60 Å². The molecule has 0 spiro atoms. The van der Waals surface area contributed by atoms with Crippen LogP contribution in [0.25, 0.3) is 11.3 Å². The number of hydrogen-bond donors (Lipinski definition) is 1. The first kappa shape index (κ1) is 19.7. The van der Waals surface area contributed by atoms with Crippen molar-refractivity contribution in [2.45, 2.75) is 26.5 Å². The van der Waals surface area contributed by atoms with Gasteiger partial charge in [0.05, 0.1) is 38.2 Å². The highest BCUT2D eigenvalue weighted by Gasteiger charge is 2.28. The summed E-state index contributed by atoms with van der Waals surface area (Å²) in [5.74, 6) is -1.45. The highest BCUT2D eigenvalue weighted by Crippen LogP contribution is 2.48. The largest absolute Gasteiger partial charge is 0.391 e. The van der Waals surface area contributed by atoms with E-state index in [2.05, 4.69) is 10.3 Å². The maximum Gasteiger partial charge on any atom is 0.333 e. The molecule has 1 atom stereocenters. The molecule has 0 aliphatic heterocycles. The summed E-state index contributed by atoms with van der Waals surface area (Å²) >= 11 is 0. The van der Waals surface area contributed by atoms with Crippen LogP contribution in [0.15, 0.2) is 24.4 Å². The van der Waals surface area contributed by atoms with Gasteiger partial charge >= 0.3 is 7.60 Å². The summed E-state index contributed by atoms with van der Waals surface area (Å²) in [6, 6.07) is 3.13. The third-order valence-electron chi connectivity index (χ3n) is 3.23. The quantitative estimate of drug-likeness (QED) is 0.679. The van der Waals surface area contributed by atoms with Gasteiger partial charge in [-0.15, -0.1) is 5.10 Å². The van der Waals surface area contributed by atoms with Gasteiger partial charge in [-0.25, -0.2) is 13.5 Å². The van der Waals surface area contributed by atoms with E-state index in [0.717, 1.165) is 12.1 Å². The summed E-state index contributed by atoms with van der Waals surface area (Å²) in [6.07, 6.45) is 0.150. The molecule has 138 valence electrons. The molecule has 25 heavy (non-hydrogen) atoms. The Morgan fingerprint density at radius 2 is 1.96 bits per heavy atom. The van der Waals surface area contributed by atoms with Crippen molar-refractivity contribution in [1.29, 1.82) is 0 Å². The van der Waals surface area contributed by atoms with Gasteiger partial charge in [-0.05, 0) is 26.0 Å². The summed E-state index contributed by atoms with van der Waals surface area (Å²) in [7, 11) is -3.39.